The molecule has 1 atom stereocenters. The highest BCUT2D eigenvalue weighted by Gasteiger charge is 2.21. The fourth-order valence-corrected chi connectivity index (χ4v) is 3.16. The van der Waals surface area contributed by atoms with Crippen LogP contribution in [0.25, 0.3) is 10.9 Å². The molecule has 0 bridgehead atoms. The highest BCUT2D eigenvalue weighted by Crippen LogP contribution is 2.29. The van der Waals surface area contributed by atoms with Crippen molar-refractivity contribution in [2.75, 3.05) is 6.61 Å². The maximum atomic E-state index is 11.3. The molecule has 0 spiro atoms. The van der Waals surface area contributed by atoms with Crippen LogP contribution in [0.2, 0.25) is 0 Å². The number of aromatic nitrogens is 2. The number of carboxylic acid groups (broad SMARTS) is 1. The molecule has 1 fully saturated rings. The van der Waals surface area contributed by atoms with E-state index < -0.39 is 5.97 Å². The van der Waals surface area contributed by atoms with Crippen LogP contribution in [0.3, 0.4) is 0 Å². The third kappa shape index (κ3) is 2.23. The van der Waals surface area contributed by atoms with Gasteiger partial charge in [-0.3, -0.25) is 0 Å². The Labute approximate surface area is 123 Å². The first-order valence-electron chi connectivity index (χ1n) is 6.19. The van der Waals surface area contributed by atoms with E-state index in [9.17, 15) is 9.90 Å². The van der Waals surface area contributed by atoms with Crippen LogP contribution < -0.4 is 0 Å². The highest BCUT2D eigenvalue weighted by atomic mass is 127. The average molecular weight is 372 g/mol. The van der Waals surface area contributed by atoms with Gasteiger partial charge in [0.1, 0.15) is 0 Å². The van der Waals surface area contributed by atoms with Gasteiger partial charge in [0.05, 0.1) is 17.3 Å². The fraction of sp³-hybridized carbons (Fsp3) is 0.385. The van der Waals surface area contributed by atoms with Crippen LogP contribution in [0, 0.1) is 3.57 Å². The number of hydrogen-bond acceptors (Lipinski definition) is 3. The van der Waals surface area contributed by atoms with Crippen LogP contribution in [0.15, 0.2) is 18.3 Å². The van der Waals surface area contributed by atoms with Crippen molar-refractivity contribution in [1.82, 2.24) is 9.78 Å². The Morgan fingerprint density at radius 3 is 3.00 bits per heavy atom. The molecule has 0 amide bonds. The Morgan fingerprint density at radius 2 is 2.32 bits per heavy atom. The summed E-state index contributed by atoms with van der Waals surface area (Å²) in [4.78, 5) is 11.3. The Morgan fingerprint density at radius 1 is 1.47 bits per heavy atom. The van der Waals surface area contributed by atoms with Gasteiger partial charge in [-0.2, -0.15) is 5.10 Å². The van der Waals surface area contributed by atoms with Crippen LogP contribution in [0.5, 0.6) is 0 Å². The van der Waals surface area contributed by atoms with E-state index in [1.165, 1.54) is 0 Å². The van der Waals surface area contributed by atoms with Gasteiger partial charge in [0.25, 0.3) is 0 Å². The zero-order chi connectivity index (χ0) is 13.4. The molecule has 1 aromatic heterocycles. The maximum absolute atomic E-state index is 11.3. The second-order valence-electron chi connectivity index (χ2n) is 4.57. The lowest BCUT2D eigenvalue weighted by Gasteiger charge is -2.23. The van der Waals surface area contributed by atoms with Gasteiger partial charge >= 0.3 is 5.97 Å². The van der Waals surface area contributed by atoms with E-state index in [0.29, 0.717) is 10.9 Å². The highest BCUT2D eigenvalue weighted by molar-refractivity contribution is 14.1. The zero-order valence-electron chi connectivity index (χ0n) is 10.2. The monoisotopic (exact) mass is 372 g/mol. The van der Waals surface area contributed by atoms with Gasteiger partial charge in [-0.1, -0.05) is 0 Å². The summed E-state index contributed by atoms with van der Waals surface area (Å²) in [5.74, 6) is -0.917. The van der Waals surface area contributed by atoms with E-state index >= 15 is 0 Å². The van der Waals surface area contributed by atoms with Crippen molar-refractivity contribution in [3.63, 3.8) is 0 Å². The number of fused-ring (bicyclic) bond motifs is 1. The number of carboxylic acids is 1. The summed E-state index contributed by atoms with van der Waals surface area (Å²) >= 11 is 2.04. The summed E-state index contributed by atoms with van der Waals surface area (Å²) in [5, 5.41) is 14.3. The van der Waals surface area contributed by atoms with Crippen molar-refractivity contribution in [1.29, 1.82) is 0 Å². The molecule has 6 heteroatoms. The summed E-state index contributed by atoms with van der Waals surface area (Å²) in [7, 11) is 0. The third-order valence-electron chi connectivity index (χ3n) is 3.37. The van der Waals surface area contributed by atoms with Crippen LogP contribution in [0.1, 0.15) is 35.8 Å². The predicted octanol–water partition coefficient (Wildman–Crippen LogP) is 3.04. The lowest BCUT2D eigenvalue weighted by atomic mass is 10.1. The normalized spacial score (nSPS) is 19.7. The van der Waals surface area contributed by atoms with Crippen LogP contribution in [-0.4, -0.2) is 27.5 Å². The first-order chi connectivity index (χ1) is 9.18. The molecule has 5 nitrogen and oxygen atoms in total. The molecular weight excluding hydrogens is 359 g/mol. The number of rotatable bonds is 2. The van der Waals surface area contributed by atoms with E-state index in [1.54, 1.807) is 10.9 Å². The molecule has 0 radical (unpaired) electrons. The minimum Gasteiger partial charge on any atom is -0.478 e. The number of ether oxygens (including phenoxy) is 1. The summed E-state index contributed by atoms with van der Waals surface area (Å²) in [6.07, 6.45) is 4.66. The summed E-state index contributed by atoms with van der Waals surface area (Å²) < 4.78 is 8.24. The second-order valence-corrected chi connectivity index (χ2v) is 5.73. The Hall–Kier alpha value is -1.15. The van der Waals surface area contributed by atoms with Crippen molar-refractivity contribution < 1.29 is 14.6 Å². The lowest BCUT2D eigenvalue weighted by Crippen LogP contribution is -2.19. The Bertz CT molecular complexity index is 632. The molecule has 1 aliphatic rings. The zero-order valence-corrected chi connectivity index (χ0v) is 12.3. The van der Waals surface area contributed by atoms with Crippen LogP contribution >= 0.6 is 22.6 Å². The predicted molar refractivity (Wildman–Crippen MR) is 78.2 cm³/mol. The molecule has 2 aromatic rings. The SMILES string of the molecule is O=C(O)c1c(I)ccc2c1cnn2C1CCCCO1. The van der Waals surface area contributed by atoms with E-state index in [-0.39, 0.29) is 6.23 Å². The van der Waals surface area contributed by atoms with E-state index in [1.807, 2.05) is 34.7 Å². The average Bonchev–Trinajstić information content (AvgIpc) is 2.82. The molecule has 1 unspecified atom stereocenters. The molecule has 1 aliphatic heterocycles. The molecular formula is C13H13IN2O3. The largest absolute Gasteiger partial charge is 0.478 e. The number of hydrogen-bond donors (Lipinski definition) is 1. The smallest absolute Gasteiger partial charge is 0.337 e. The van der Waals surface area contributed by atoms with E-state index in [4.69, 9.17) is 4.74 Å². The molecule has 1 N–H and O–H groups in total. The standard InChI is InChI=1S/C13H13IN2O3/c14-9-4-5-10-8(12(9)13(17)18)7-15-16(10)11-3-1-2-6-19-11/h4-5,7,11H,1-3,6H2,(H,17,18). The fourth-order valence-electron chi connectivity index (χ4n) is 2.46. The molecule has 1 aromatic carbocycles. The van der Waals surface area contributed by atoms with Crippen molar-refractivity contribution in [3.05, 3.63) is 27.5 Å². The van der Waals surface area contributed by atoms with Gasteiger partial charge in [-0.25, -0.2) is 9.48 Å². The lowest BCUT2D eigenvalue weighted by molar-refractivity contribution is -0.0366. The van der Waals surface area contributed by atoms with Gasteiger partial charge in [0.2, 0.25) is 0 Å². The number of benzene rings is 1. The van der Waals surface area contributed by atoms with Gasteiger partial charge in [0.15, 0.2) is 6.23 Å². The quantitative estimate of drug-likeness (QED) is 0.824. The van der Waals surface area contributed by atoms with Crippen molar-refractivity contribution in [3.8, 4) is 0 Å². The van der Waals surface area contributed by atoms with Crippen molar-refractivity contribution in [2.45, 2.75) is 25.5 Å². The van der Waals surface area contributed by atoms with Crippen LogP contribution in [0.4, 0.5) is 0 Å². The van der Waals surface area contributed by atoms with E-state index in [0.717, 1.165) is 35.0 Å². The number of nitrogens with zero attached hydrogens (tertiary/aromatic N) is 2. The summed E-state index contributed by atoms with van der Waals surface area (Å²) in [6.45, 7) is 0.738. The topological polar surface area (TPSA) is 64.3 Å². The summed E-state index contributed by atoms with van der Waals surface area (Å²) in [6, 6.07) is 3.72. The third-order valence-corrected chi connectivity index (χ3v) is 4.27. The molecule has 2 heterocycles. The van der Waals surface area contributed by atoms with Crippen LogP contribution in [-0.2, 0) is 4.74 Å². The molecule has 1 saturated heterocycles. The molecule has 0 saturated carbocycles. The van der Waals surface area contributed by atoms with E-state index in [2.05, 4.69) is 5.10 Å². The Balaban J connectivity index is 2.13. The molecule has 0 aliphatic carbocycles. The number of halogens is 1. The second kappa shape index (κ2) is 5.09. The minimum atomic E-state index is -0.917. The maximum Gasteiger partial charge on any atom is 0.337 e. The van der Waals surface area contributed by atoms with Crippen molar-refractivity contribution >= 4 is 39.5 Å². The summed E-state index contributed by atoms with van der Waals surface area (Å²) in [5.41, 5.74) is 1.14. The molecule has 100 valence electrons. The number of aromatic carboxylic acids is 1. The van der Waals surface area contributed by atoms with Gasteiger partial charge < -0.3 is 9.84 Å². The van der Waals surface area contributed by atoms with Crippen molar-refractivity contribution in [2.24, 2.45) is 0 Å². The minimum absolute atomic E-state index is 0.0760. The van der Waals surface area contributed by atoms with Gasteiger partial charge in [-0.15, -0.1) is 0 Å². The molecule has 3 rings (SSSR count). The van der Waals surface area contributed by atoms with Gasteiger partial charge in [-0.05, 0) is 54.0 Å². The number of carbonyl (C=O) groups is 1. The molecule has 19 heavy (non-hydrogen) atoms. The Kier molecular flexibility index (Phi) is 3.44. The first kappa shape index (κ1) is 12.9. The first-order valence-corrected chi connectivity index (χ1v) is 7.27. The van der Waals surface area contributed by atoms with Gasteiger partial charge in [0, 0.05) is 15.6 Å².